The first-order valence-electron chi connectivity index (χ1n) is 6.24. The van der Waals surface area contributed by atoms with Gasteiger partial charge in [-0.3, -0.25) is 0 Å². The van der Waals surface area contributed by atoms with Gasteiger partial charge in [-0.15, -0.1) is 23.2 Å². The van der Waals surface area contributed by atoms with Crippen molar-refractivity contribution in [1.82, 2.24) is 0 Å². The largest absolute Gasteiger partial charge is 0.347 e. The molecule has 6 heteroatoms. The van der Waals surface area contributed by atoms with Crippen LogP contribution in [0.4, 0.5) is 0 Å². The van der Waals surface area contributed by atoms with E-state index in [9.17, 15) is 0 Å². The first-order chi connectivity index (χ1) is 8.49. The summed E-state index contributed by atoms with van der Waals surface area (Å²) in [6, 6.07) is 0. The highest BCUT2D eigenvalue weighted by Crippen LogP contribution is 2.35. The molecular formula is C12H20Cl2O4. The average Bonchev–Trinajstić information content (AvgIpc) is 2.92. The zero-order valence-electron chi connectivity index (χ0n) is 10.8. The van der Waals surface area contributed by atoms with Gasteiger partial charge in [0.25, 0.3) is 0 Å². The van der Waals surface area contributed by atoms with Crippen molar-refractivity contribution in [2.75, 3.05) is 25.0 Å². The van der Waals surface area contributed by atoms with Gasteiger partial charge in [0.15, 0.2) is 11.6 Å². The van der Waals surface area contributed by atoms with Crippen LogP contribution in [0.3, 0.4) is 0 Å². The predicted octanol–water partition coefficient (Wildman–Crippen LogP) is 2.51. The lowest BCUT2D eigenvalue weighted by molar-refractivity contribution is -0.197. The molecule has 4 atom stereocenters. The molecule has 0 spiro atoms. The van der Waals surface area contributed by atoms with E-state index >= 15 is 0 Å². The number of alkyl halides is 2. The Morgan fingerprint density at radius 1 is 0.889 bits per heavy atom. The van der Waals surface area contributed by atoms with E-state index in [2.05, 4.69) is 0 Å². The summed E-state index contributed by atoms with van der Waals surface area (Å²) in [6.45, 7) is 4.94. The van der Waals surface area contributed by atoms with Crippen molar-refractivity contribution < 1.29 is 18.9 Å². The normalized spacial score (nSPS) is 44.7. The van der Waals surface area contributed by atoms with Crippen molar-refractivity contribution >= 4 is 23.2 Å². The van der Waals surface area contributed by atoms with Gasteiger partial charge in [-0.05, 0) is 13.8 Å². The second-order valence-electron chi connectivity index (χ2n) is 5.18. The van der Waals surface area contributed by atoms with Gasteiger partial charge in [-0.25, -0.2) is 0 Å². The Hall–Kier alpha value is 0.420. The van der Waals surface area contributed by atoms with E-state index in [0.717, 1.165) is 0 Å². The number of rotatable bonds is 5. The van der Waals surface area contributed by atoms with Crippen LogP contribution in [0.5, 0.6) is 0 Å². The molecule has 0 amide bonds. The van der Waals surface area contributed by atoms with Gasteiger partial charge in [0.2, 0.25) is 0 Å². The predicted molar refractivity (Wildman–Crippen MR) is 69.1 cm³/mol. The van der Waals surface area contributed by atoms with Gasteiger partial charge < -0.3 is 18.9 Å². The van der Waals surface area contributed by atoms with Crippen molar-refractivity contribution in [3.05, 3.63) is 0 Å². The molecule has 0 radical (unpaired) electrons. The fourth-order valence-corrected chi connectivity index (χ4v) is 2.55. The highest BCUT2D eigenvalue weighted by atomic mass is 35.5. The van der Waals surface area contributed by atoms with Crippen LogP contribution in [0, 0.1) is 0 Å². The fourth-order valence-electron chi connectivity index (χ4n) is 2.25. The summed E-state index contributed by atoms with van der Waals surface area (Å²) < 4.78 is 22.8. The summed E-state index contributed by atoms with van der Waals surface area (Å²) in [5.41, 5.74) is 0. The van der Waals surface area contributed by atoms with Gasteiger partial charge in [0.05, 0.1) is 37.2 Å². The van der Waals surface area contributed by atoms with E-state index < -0.39 is 11.6 Å². The van der Waals surface area contributed by atoms with Gasteiger partial charge >= 0.3 is 0 Å². The minimum absolute atomic E-state index is 0.0227. The van der Waals surface area contributed by atoms with Crippen LogP contribution in [0.25, 0.3) is 0 Å². The van der Waals surface area contributed by atoms with E-state index in [-0.39, 0.29) is 12.2 Å². The van der Waals surface area contributed by atoms with Gasteiger partial charge in [0, 0.05) is 12.8 Å². The third kappa shape index (κ3) is 3.50. The van der Waals surface area contributed by atoms with Crippen molar-refractivity contribution in [3.63, 3.8) is 0 Å². The maximum absolute atomic E-state index is 5.76. The lowest BCUT2D eigenvalue weighted by atomic mass is 10.1. The number of hydrogen-bond acceptors (Lipinski definition) is 4. The summed E-state index contributed by atoms with van der Waals surface area (Å²) in [5.74, 6) is -0.273. The number of halogens is 2. The first kappa shape index (κ1) is 14.8. The van der Waals surface area contributed by atoms with Crippen molar-refractivity contribution in [2.24, 2.45) is 0 Å². The van der Waals surface area contributed by atoms with Crippen LogP contribution in [-0.4, -0.2) is 48.8 Å². The molecule has 2 fully saturated rings. The Kier molecular flexibility index (Phi) is 4.79. The maximum atomic E-state index is 5.76. The van der Waals surface area contributed by atoms with Crippen molar-refractivity contribution in [3.8, 4) is 0 Å². The van der Waals surface area contributed by atoms with E-state index in [0.29, 0.717) is 37.8 Å². The Morgan fingerprint density at radius 2 is 1.28 bits per heavy atom. The van der Waals surface area contributed by atoms with Crippen LogP contribution in [-0.2, 0) is 18.9 Å². The summed E-state index contributed by atoms with van der Waals surface area (Å²) in [7, 11) is 0. The molecule has 0 aliphatic carbocycles. The highest BCUT2D eigenvalue weighted by Gasteiger charge is 2.42. The second-order valence-corrected chi connectivity index (χ2v) is 5.80. The third-order valence-corrected chi connectivity index (χ3v) is 4.05. The Labute approximate surface area is 118 Å². The topological polar surface area (TPSA) is 36.9 Å². The number of ether oxygens (including phenoxy) is 4. The molecule has 18 heavy (non-hydrogen) atoms. The standard InChI is InChI=1S/C12H20Cl2O4/c1-11(15-7-9(5-13)17-11)3-4-12(2)16-8-10(6-14)18-12/h9-10H,3-8H2,1-2H3. The molecule has 4 unspecified atom stereocenters. The van der Waals surface area contributed by atoms with Crippen molar-refractivity contribution in [2.45, 2.75) is 50.5 Å². The molecule has 2 rings (SSSR count). The smallest absolute Gasteiger partial charge is 0.166 e. The molecule has 2 aliphatic rings. The molecule has 0 aromatic rings. The minimum Gasteiger partial charge on any atom is -0.347 e. The van der Waals surface area contributed by atoms with Gasteiger partial charge in [-0.2, -0.15) is 0 Å². The highest BCUT2D eigenvalue weighted by molar-refractivity contribution is 6.18. The van der Waals surface area contributed by atoms with Crippen LogP contribution >= 0.6 is 23.2 Å². The monoisotopic (exact) mass is 298 g/mol. The zero-order valence-corrected chi connectivity index (χ0v) is 12.3. The Morgan fingerprint density at radius 3 is 1.56 bits per heavy atom. The molecule has 0 aromatic heterocycles. The SMILES string of the molecule is CC1(CCC2(C)OCC(CCl)O2)OCC(CCl)O1. The molecule has 0 bridgehead atoms. The summed E-state index contributed by atoms with van der Waals surface area (Å²) in [6.07, 6.45) is 1.36. The van der Waals surface area contributed by atoms with Crippen LogP contribution in [0.15, 0.2) is 0 Å². The lowest BCUT2D eigenvalue weighted by Gasteiger charge is -2.29. The summed E-state index contributed by atoms with van der Waals surface area (Å²) in [4.78, 5) is 0. The molecule has 2 heterocycles. The van der Waals surface area contributed by atoms with Gasteiger partial charge in [-0.1, -0.05) is 0 Å². The second kappa shape index (κ2) is 5.81. The Bertz CT molecular complexity index is 263. The molecular weight excluding hydrogens is 279 g/mol. The van der Waals surface area contributed by atoms with Crippen molar-refractivity contribution in [1.29, 1.82) is 0 Å². The molecule has 0 N–H and O–H groups in total. The van der Waals surface area contributed by atoms with Gasteiger partial charge in [0.1, 0.15) is 0 Å². The third-order valence-electron chi connectivity index (χ3n) is 3.36. The molecule has 0 aromatic carbocycles. The van der Waals surface area contributed by atoms with E-state index in [1.54, 1.807) is 0 Å². The van der Waals surface area contributed by atoms with E-state index in [1.165, 1.54) is 0 Å². The molecule has 4 nitrogen and oxygen atoms in total. The van der Waals surface area contributed by atoms with Crippen LogP contribution in [0.2, 0.25) is 0 Å². The molecule has 2 saturated heterocycles. The lowest BCUT2D eigenvalue weighted by Crippen LogP contribution is -2.34. The summed E-state index contributed by atoms with van der Waals surface area (Å²) in [5, 5.41) is 0. The molecule has 2 aliphatic heterocycles. The van der Waals surface area contributed by atoms with Crippen LogP contribution < -0.4 is 0 Å². The Balaban J connectivity index is 1.81. The molecule has 0 saturated carbocycles. The zero-order chi connectivity index (χ0) is 13.2. The van der Waals surface area contributed by atoms with E-state index in [1.807, 2.05) is 13.8 Å². The van der Waals surface area contributed by atoms with Crippen LogP contribution in [0.1, 0.15) is 26.7 Å². The number of hydrogen-bond donors (Lipinski definition) is 0. The summed E-state index contributed by atoms with van der Waals surface area (Å²) >= 11 is 11.5. The quantitative estimate of drug-likeness (QED) is 0.731. The fraction of sp³-hybridized carbons (Fsp3) is 1.00. The molecule has 106 valence electrons. The maximum Gasteiger partial charge on any atom is 0.166 e. The minimum atomic E-state index is -0.589. The van der Waals surface area contributed by atoms with E-state index in [4.69, 9.17) is 42.1 Å². The average molecular weight is 299 g/mol. The first-order valence-corrected chi connectivity index (χ1v) is 7.31.